The van der Waals surface area contributed by atoms with Crippen LogP contribution in [-0.2, 0) is 0 Å². The summed E-state index contributed by atoms with van der Waals surface area (Å²) in [4.78, 5) is 0. The van der Waals surface area contributed by atoms with E-state index in [0.717, 1.165) is 6.54 Å². The minimum absolute atomic E-state index is 0.660. The van der Waals surface area contributed by atoms with Crippen molar-refractivity contribution < 1.29 is 0 Å². The Morgan fingerprint density at radius 2 is 2.18 bits per heavy atom. The first-order valence-electron chi connectivity index (χ1n) is 4.33. The fourth-order valence-electron chi connectivity index (χ4n) is 1.08. The van der Waals surface area contributed by atoms with Crippen LogP contribution in [0, 0.1) is 0 Å². The Morgan fingerprint density at radius 3 is 2.64 bits per heavy atom. The standard InChI is InChI=1S/C9H18ClN/c1-3-6-9(4-2)11-8-5-7-10/h5,7,9,11H,3-4,6,8H2,1-2H3/b7-5+. The van der Waals surface area contributed by atoms with Crippen LogP contribution in [0.15, 0.2) is 11.6 Å². The summed E-state index contributed by atoms with van der Waals surface area (Å²) in [7, 11) is 0. The number of halogens is 1. The van der Waals surface area contributed by atoms with E-state index in [1.54, 1.807) is 5.54 Å². The van der Waals surface area contributed by atoms with Crippen molar-refractivity contribution in [3.05, 3.63) is 11.6 Å². The molecule has 0 bridgehead atoms. The van der Waals surface area contributed by atoms with Gasteiger partial charge in [0, 0.05) is 18.1 Å². The van der Waals surface area contributed by atoms with Crippen LogP contribution in [0.5, 0.6) is 0 Å². The lowest BCUT2D eigenvalue weighted by atomic mass is 10.1. The van der Waals surface area contributed by atoms with Crippen LogP contribution in [0.3, 0.4) is 0 Å². The van der Waals surface area contributed by atoms with Crippen molar-refractivity contribution in [3.8, 4) is 0 Å². The maximum Gasteiger partial charge on any atom is 0.0149 e. The highest BCUT2D eigenvalue weighted by Crippen LogP contribution is 1.99. The molecule has 0 radical (unpaired) electrons. The number of rotatable bonds is 6. The third-order valence-corrected chi connectivity index (χ3v) is 1.92. The minimum Gasteiger partial charge on any atom is -0.310 e. The van der Waals surface area contributed by atoms with E-state index >= 15 is 0 Å². The number of hydrogen-bond acceptors (Lipinski definition) is 1. The smallest absolute Gasteiger partial charge is 0.0149 e. The average Bonchev–Trinajstić information content (AvgIpc) is 2.03. The zero-order valence-electron chi connectivity index (χ0n) is 7.44. The Labute approximate surface area is 74.8 Å². The van der Waals surface area contributed by atoms with Crippen LogP contribution in [0.4, 0.5) is 0 Å². The second kappa shape index (κ2) is 8.09. The summed E-state index contributed by atoms with van der Waals surface area (Å²) in [6.07, 6.45) is 5.63. The Bertz CT molecular complexity index is 102. The van der Waals surface area contributed by atoms with E-state index in [0.29, 0.717) is 6.04 Å². The topological polar surface area (TPSA) is 12.0 Å². The molecule has 0 rings (SSSR count). The quantitative estimate of drug-likeness (QED) is 0.655. The molecule has 0 aliphatic carbocycles. The molecule has 2 heteroatoms. The Hall–Kier alpha value is -0.0100. The van der Waals surface area contributed by atoms with Crippen molar-refractivity contribution >= 4 is 11.6 Å². The largest absolute Gasteiger partial charge is 0.310 e. The van der Waals surface area contributed by atoms with Gasteiger partial charge in [0.15, 0.2) is 0 Å². The van der Waals surface area contributed by atoms with Gasteiger partial charge in [0.1, 0.15) is 0 Å². The van der Waals surface area contributed by atoms with E-state index in [1.807, 2.05) is 6.08 Å². The molecule has 66 valence electrons. The predicted octanol–water partition coefficient (Wildman–Crippen LogP) is 2.91. The molecule has 0 aliphatic rings. The summed E-state index contributed by atoms with van der Waals surface area (Å²) in [5.74, 6) is 0. The molecule has 0 aliphatic heterocycles. The van der Waals surface area contributed by atoms with Crippen molar-refractivity contribution in [1.29, 1.82) is 0 Å². The molecule has 0 saturated carbocycles. The highest BCUT2D eigenvalue weighted by Gasteiger charge is 2.00. The molecule has 11 heavy (non-hydrogen) atoms. The van der Waals surface area contributed by atoms with E-state index in [1.165, 1.54) is 19.3 Å². The summed E-state index contributed by atoms with van der Waals surface area (Å²) in [6.45, 7) is 5.31. The SMILES string of the molecule is CCCC(CC)NC/C=C/Cl. The molecule has 1 unspecified atom stereocenters. The summed E-state index contributed by atoms with van der Waals surface area (Å²) < 4.78 is 0. The van der Waals surface area contributed by atoms with Crippen molar-refractivity contribution in [2.75, 3.05) is 6.54 Å². The molecular weight excluding hydrogens is 158 g/mol. The lowest BCUT2D eigenvalue weighted by Crippen LogP contribution is -2.28. The molecule has 1 N–H and O–H groups in total. The van der Waals surface area contributed by atoms with Crippen molar-refractivity contribution in [2.24, 2.45) is 0 Å². The lowest BCUT2D eigenvalue weighted by Gasteiger charge is -2.13. The van der Waals surface area contributed by atoms with Crippen molar-refractivity contribution in [3.63, 3.8) is 0 Å². The van der Waals surface area contributed by atoms with E-state index in [2.05, 4.69) is 19.2 Å². The minimum atomic E-state index is 0.660. The van der Waals surface area contributed by atoms with Crippen LogP contribution in [-0.4, -0.2) is 12.6 Å². The maximum atomic E-state index is 5.38. The van der Waals surface area contributed by atoms with E-state index in [9.17, 15) is 0 Å². The van der Waals surface area contributed by atoms with Gasteiger partial charge in [-0.05, 0) is 12.8 Å². The summed E-state index contributed by atoms with van der Waals surface area (Å²) in [5, 5.41) is 3.40. The first kappa shape index (κ1) is 11.0. The lowest BCUT2D eigenvalue weighted by molar-refractivity contribution is 0.485. The normalized spacial score (nSPS) is 14.1. The van der Waals surface area contributed by atoms with Gasteiger partial charge in [0.2, 0.25) is 0 Å². The zero-order valence-corrected chi connectivity index (χ0v) is 8.19. The van der Waals surface area contributed by atoms with Gasteiger partial charge in [0.25, 0.3) is 0 Å². The average molecular weight is 176 g/mol. The molecule has 0 aromatic rings. The summed E-state index contributed by atoms with van der Waals surface area (Å²) in [6, 6.07) is 0.660. The number of hydrogen-bond donors (Lipinski definition) is 1. The third-order valence-electron chi connectivity index (χ3n) is 1.74. The van der Waals surface area contributed by atoms with Crippen LogP contribution in [0.25, 0.3) is 0 Å². The second-order valence-corrected chi connectivity index (χ2v) is 2.92. The molecule has 0 saturated heterocycles. The predicted molar refractivity (Wildman–Crippen MR) is 52.0 cm³/mol. The van der Waals surface area contributed by atoms with Gasteiger partial charge < -0.3 is 5.32 Å². The van der Waals surface area contributed by atoms with Crippen LogP contribution >= 0.6 is 11.6 Å². The van der Waals surface area contributed by atoms with Gasteiger partial charge in [-0.3, -0.25) is 0 Å². The highest BCUT2D eigenvalue weighted by molar-refractivity contribution is 6.25. The Morgan fingerprint density at radius 1 is 1.45 bits per heavy atom. The summed E-state index contributed by atoms with van der Waals surface area (Å²) in [5.41, 5.74) is 1.56. The van der Waals surface area contributed by atoms with E-state index in [4.69, 9.17) is 11.6 Å². The van der Waals surface area contributed by atoms with Gasteiger partial charge in [0.05, 0.1) is 0 Å². The van der Waals surface area contributed by atoms with Gasteiger partial charge in [-0.25, -0.2) is 0 Å². The van der Waals surface area contributed by atoms with Crippen LogP contribution < -0.4 is 5.32 Å². The Balaban J connectivity index is 3.35. The third kappa shape index (κ3) is 6.39. The molecule has 0 fully saturated rings. The van der Waals surface area contributed by atoms with Crippen LogP contribution in [0.2, 0.25) is 0 Å². The second-order valence-electron chi connectivity index (χ2n) is 2.66. The highest BCUT2D eigenvalue weighted by atomic mass is 35.5. The molecule has 0 aromatic heterocycles. The summed E-state index contributed by atoms with van der Waals surface area (Å²) >= 11 is 5.38. The molecular formula is C9H18ClN. The monoisotopic (exact) mass is 175 g/mol. The zero-order chi connectivity index (χ0) is 8.53. The molecule has 1 nitrogen and oxygen atoms in total. The van der Waals surface area contributed by atoms with Crippen molar-refractivity contribution in [2.45, 2.75) is 39.2 Å². The maximum absolute atomic E-state index is 5.38. The fourth-order valence-corrected chi connectivity index (χ4v) is 1.17. The van der Waals surface area contributed by atoms with Crippen molar-refractivity contribution in [1.82, 2.24) is 5.32 Å². The molecule has 0 aromatic carbocycles. The fraction of sp³-hybridized carbons (Fsp3) is 0.778. The Kier molecular flexibility index (Phi) is 8.08. The van der Waals surface area contributed by atoms with E-state index < -0.39 is 0 Å². The van der Waals surface area contributed by atoms with Gasteiger partial charge in [-0.1, -0.05) is 37.9 Å². The van der Waals surface area contributed by atoms with Gasteiger partial charge >= 0.3 is 0 Å². The molecule has 1 atom stereocenters. The molecule has 0 heterocycles. The van der Waals surface area contributed by atoms with Gasteiger partial charge in [-0.2, -0.15) is 0 Å². The molecule has 0 amide bonds. The van der Waals surface area contributed by atoms with E-state index in [-0.39, 0.29) is 0 Å². The van der Waals surface area contributed by atoms with Gasteiger partial charge in [-0.15, -0.1) is 0 Å². The van der Waals surface area contributed by atoms with Crippen LogP contribution in [0.1, 0.15) is 33.1 Å². The number of nitrogens with one attached hydrogen (secondary N) is 1. The first-order valence-corrected chi connectivity index (χ1v) is 4.77. The first-order chi connectivity index (χ1) is 5.35. The molecule has 0 spiro atoms.